The Kier molecular flexibility index (Phi) is 4.76. The first-order valence-corrected chi connectivity index (χ1v) is 8.99. The summed E-state index contributed by atoms with van der Waals surface area (Å²) in [4.78, 5) is 14.8. The van der Waals surface area contributed by atoms with E-state index in [9.17, 15) is 4.79 Å². The Morgan fingerprint density at radius 3 is 2.46 bits per heavy atom. The van der Waals surface area contributed by atoms with Crippen LogP contribution in [0.4, 0.5) is 0 Å². The zero-order chi connectivity index (χ0) is 19.5. The molecular weight excluding hydrogens is 352 g/mol. The minimum Gasteiger partial charge on any atom is -0.360 e. The lowest BCUT2D eigenvalue weighted by Gasteiger charge is -2.16. The van der Waals surface area contributed by atoms with Gasteiger partial charge in [0.05, 0.1) is 11.9 Å². The zero-order valence-electron chi connectivity index (χ0n) is 15.7. The van der Waals surface area contributed by atoms with Crippen molar-refractivity contribution in [1.29, 1.82) is 0 Å². The summed E-state index contributed by atoms with van der Waals surface area (Å²) in [5.74, 6) is 0.376. The summed E-state index contributed by atoms with van der Waals surface area (Å²) in [6, 6.07) is 19.4. The van der Waals surface area contributed by atoms with Gasteiger partial charge in [-0.15, -0.1) is 0 Å². The van der Waals surface area contributed by atoms with Crippen molar-refractivity contribution in [2.75, 3.05) is 7.05 Å². The van der Waals surface area contributed by atoms with Gasteiger partial charge in [-0.1, -0.05) is 53.7 Å². The van der Waals surface area contributed by atoms with E-state index in [4.69, 9.17) is 4.52 Å². The summed E-state index contributed by atoms with van der Waals surface area (Å²) < 4.78 is 7.12. The van der Waals surface area contributed by atoms with Crippen LogP contribution < -0.4 is 0 Å². The molecule has 4 rings (SSSR count). The molecule has 6 nitrogen and oxygen atoms in total. The van der Waals surface area contributed by atoms with Gasteiger partial charge in [0, 0.05) is 30.9 Å². The molecule has 0 saturated carbocycles. The summed E-state index contributed by atoms with van der Waals surface area (Å²) >= 11 is 0. The lowest BCUT2D eigenvalue weighted by atomic mass is 10.1. The van der Waals surface area contributed by atoms with Gasteiger partial charge in [0.1, 0.15) is 17.0 Å². The lowest BCUT2D eigenvalue weighted by molar-refractivity contribution is 0.0784. The van der Waals surface area contributed by atoms with Crippen molar-refractivity contribution in [3.63, 3.8) is 0 Å². The highest BCUT2D eigenvalue weighted by Gasteiger charge is 2.24. The van der Waals surface area contributed by atoms with Gasteiger partial charge in [0.15, 0.2) is 0 Å². The van der Waals surface area contributed by atoms with Crippen LogP contribution in [-0.2, 0) is 6.54 Å². The molecule has 0 saturated heterocycles. The molecule has 2 heterocycles. The molecular formula is C22H20N4O2. The van der Waals surface area contributed by atoms with Gasteiger partial charge >= 0.3 is 0 Å². The van der Waals surface area contributed by atoms with Crippen molar-refractivity contribution in [3.05, 3.63) is 89.9 Å². The second-order valence-electron chi connectivity index (χ2n) is 6.62. The van der Waals surface area contributed by atoms with Gasteiger partial charge in [-0.3, -0.25) is 4.79 Å². The van der Waals surface area contributed by atoms with Crippen molar-refractivity contribution < 1.29 is 9.32 Å². The first-order valence-electron chi connectivity index (χ1n) is 8.99. The third-order valence-corrected chi connectivity index (χ3v) is 4.55. The molecule has 2 aromatic carbocycles. The second kappa shape index (κ2) is 7.52. The number of carbonyl (C=O) groups excluding carboxylic acids is 1. The number of hydrogen-bond acceptors (Lipinski definition) is 4. The fourth-order valence-corrected chi connectivity index (χ4v) is 3.12. The van der Waals surface area contributed by atoms with E-state index in [-0.39, 0.29) is 5.91 Å². The molecule has 0 N–H and O–H groups in total. The minimum absolute atomic E-state index is 0.134. The molecule has 0 unspecified atom stereocenters. The van der Waals surface area contributed by atoms with Crippen LogP contribution in [0.5, 0.6) is 0 Å². The van der Waals surface area contributed by atoms with Gasteiger partial charge in [0.25, 0.3) is 5.91 Å². The van der Waals surface area contributed by atoms with E-state index in [1.807, 2.05) is 66.9 Å². The Bertz CT molecular complexity index is 1080. The predicted molar refractivity (Wildman–Crippen MR) is 106 cm³/mol. The third kappa shape index (κ3) is 3.44. The molecule has 0 spiro atoms. The lowest BCUT2D eigenvalue weighted by Crippen LogP contribution is -2.26. The van der Waals surface area contributed by atoms with Gasteiger partial charge in [-0.2, -0.15) is 5.10 Å². The molecule has 0 aliphatic carbocycles. The molecule has 0 atom stereocenters. The zero-order valence-corrected chi connectivity index (χ0v) is 15.7. The van der Waals surface area contributed by atoms with Gasteiger partial charge in [-0.25, -0.2) is 4.68 Å². The van der Waals surface area contributed by atoms with E-state index >= 15 is 0 Å². The maximum absolute atomic E-state index is 13.1. The van der Waals surface area contributed by atoms with Crippen LogP contribution in [0, 0.1) is 6.92 Å². The first kappa shape index (κ1) is 17.7. The summed E-state index contributed by atoms with van der Waals surface area (Å²) in [6.45, 7) is 2.19. The molecule has 4 aromatic rings. The van der Waals surface area contributed by atoms with Crippen LogP contribution in [0.15, 0.2) is 77.6 Å². The Morgan fingerprint density at radius 2 is 1.75 bits per heavy atom. The molecule has 2 aromatic heterocycles. The summed E-state index contributed by atoms with van der Waals surface area (Å²) in [6.07, 6.45) is 3.70. The molecule has 0 aliphatic heterocycles. The van der Waals surface area contributed by atoms with Gasteiger partial charge < -0.3 is 9.42 Å². The van der Waals surface area contributed by atoms with Crippen LogP contribution in [0.2, 0.25) is 0 Å². The number of aryl methyl sites for hydroxylation is 1. The Morgan fingerprint density at radius 1 is 1.07 bits per heavy atom. The van der Waals surface area contributed by atoms with Crippen LogP contribution in [-0.4, -0.2) is 32.8 Å². The van der Waals surface area contributed by atoms with E-state index in [0.29, 0.717) is 23.6 Å². The fraction of sp³-hybridized carbons (Fsp3) is 0.136. The van der Waals surface area contributed by atoms with Crippen molar-refractivity contribution >= 4 is 5.91 Å². The number of para-hydroxylation sites is 1. The number of hydrogen-bond donors (Lipinski definition) is 0. The van der Waals surface area contributed by atoms with Crippen molar-refractivity contribution in [2.24, 2.45) is 0 Å². The number of rotatable bonds is 5. The largest absolute Gasteiger partial charge is 0.360 e. The topological polar surface area (TPSA) is 64.2 Å². The molecule has 0 radical (unpaired) electrons. The average Bonchev–Trinajstić information content (AvgIpc) is 3.35. The Hall–Kier alpha value is -3.67. The highest BCUT2D eigenvalue weighted by atomic mass is 16.5. The van der Waals surface area contributed by atoms with Crippen molar-refractivity contribution in [1.82, 2.24) is 19.8 Å². The molecule has 28 heavy (non-hydrogen) atoms. The minimum atomic E-state index is -0.134. The standard InChI is InChI=1S/C22H20N4O2/c1-16-20(21(24-28-16)18-9-5-3-6-10-18)22(27)25(2)14-17-13-23-26(15-17)19-11-7-4-8-12-19/h3-13,15H,14H2,1-2H3. The quantitative estimate of drug-likeness (QED) is 0.529. The van der Waals surface area contributed by atoms with E-state index in [1.54, 1.807) is 29.7 Å². The van der Waals surface area contributed by atoms with E-state index in [0.717, 1.165) is 16.8 Å². The number of amides is 1. The third-order valence-electron chi connectivity index (χ3n) is 4.55. The first-order chi connectivity index (χ1) is 13.6. The van der Waals surface area contributed by atoms with E-state index in [2.05, 4.69) is 10.3 Å². The normalized spacial score (nSPS) is 10.8. The SMILES string of the molecule is Cc1onc(-c2ccccc2)c1C(=O)N(C)Cc1cnn(-c2ccccc2)c1. The monoisotopic (exact) mass is 372 g/mol. The van der Waals surface area contributed by atoms with Gasteiger partial charge in [0.2, 0.25) is 0 Å². The van der Waals surface area contributed by atoms with Crippen LogP contribution >= 0.6 is 0 Å². The molecule has 1 amide bonds. The smallest absolute Gasteiger partial charge is 0.259 e. The summed E-state index contributed by atoms with van der Waals surface area (Å²) in [5.41, 5.74) is 3.83. The fourth-order valence-electron chi connectivity index (χ4n) is 3.12. The van der Waals surface area contributed by atoms with Crippen LogP contribution in [0.25, 0.3) is 16.9 Å². The number of nitrogens with zero attached hydrogens (tertiary/aromatic N) is 4. The highest BCUT2D eigenvalue weighted by molar-refractivity contribution is 6.00. The maximum atomic E-state index is 13.1. The molecule has 0 fully saturated rings. The number of carbonyl (C=O) groups is 1. The molecule has 140 valence electrons. The second-order valence-corrected chi connectivity index (χ2v) is 6.62. The van der Waals surface area contributed by atoms with Crippen LogP contribution in [0.3, 0.4) is 0 Å². The number of benzene rings is 2. The average molecular weight is 372 g/mol. The summed E-state index contributed by atoms with van der Waals surface area (Å²) in [7, 11) is 1.77. The molecule has 6 heteroatoms. The van der Waals surface area contributed by atoms with Crippen molar-refractivity contribution in [3.8, 4) is 16.9 Å². The maximum Gasteiger partial charge on any atom is 0.259 e. The van der Waals surface area contributed by atoms with Gasteiger partial charge in [-0.05, 0) is 19.1 Å². The summed E-state index contributed by atoms with van der Waals surface area (Å²) in [5, 5.41) is 8.49. The van der Waals surface area contributed by atoms with E-state index in [1.165, 1.54) is 0 Å². The Balaban J connectivity index is 1.55. The highest BCUT2D eigenvalue weighted by Crippen LogP contribution is 2.26. The van der Waals surface area contributed by atoms with E-state index < -0.39 is 0 Å². The van der Waals surface area contributed by atoms with Crippen molar-refractivity contribution in [2.45, 2.75) is 13.5 Å². The van der Waals surface area contributed by atoms with Crippen LogP contribution in [0.1, 0.15) is 21.7 Å². The predicted octanol–water partition coefficient (Wildman–Crippen LogP) is 4.11. The molecule has 0 aliphatic rings. The Labute approximate surface area is 163 Å². The molecule has 0 bridgehead atoms. The number of aromatic nitrogens is 3.